The third kappa shape index (κ3) is 3.92. The van der Waals surface area contributed by atoms with Crippen LogP contribution in [0.5, 0.6) is 0 Å². The molecule has 1 aromatic rings. The summed E-state index contributed by atoms with van der Waals surface area (Å²) in [7, 11) is 0. The zero-order chi connectivity index (χ0) is 12.8. The van der Waals surface area contributed by atoms with Gasteiger partial charge in [-0.1, -0.05) is 16.8 Å². The Labute approximate surface area is 104 Å². The molecule has 6 heteroatoms. The minimum absolute atomic E-state index is 0.0367. The van der Waals surface area contributed by atoms with Crippen molar-refractivity contribution >= 4 is 17.6 Å². The number of amidine groups is 1. The molecule has 0 aromatic heterocycles. The molecule has 0 saturated heterocycles. The largest absolute Gasteiger partial charge is 0.409 e. The normalized spacial score (nSPS) is 13.7. The van der Waals surface area contributed by atoms with Crippen molar-refractivity contribution in [3.05, 3.63) is 29.3 Å². The van der Waals surface area contributed by atoms with Crippen molar-refractivity contribution in [1.82, 2.24) is 0 Å². The molecule has 0 aliphatic carbocycles. The number of benzene rings is 1. The van der Waals surface area contributed by atoms with Crippen LogP contribution in [0.2, 0.25) is 0 Å². The van der Waals surface area contributed by atoms with Crippen molar-refractivity contribution in [3.8, 4) is 0 Å². The zero-order valence-electron chi connectivity index (χ0n) is 9.50. The molecule has 0 radical (unpaired) electrons. The van der Waals surface area contributed by atoms with Gasteiger partial charge in [0.05, 0.1) is 12.7 Å². The lowest BCUT2D eigenvalue weighted by Crippen LogP contribution is -2.17. The molecule has 0 spiro atoms. The van der Waals surface area contributed by atoms with Crippen LogP contribution >= 0.6 is 11.8 Å². The fourth-order valence-electron chi connectivity index (χ4n) is 1.26. The molecule has 0 fully saturated rings. The van der Waals surface area contributed by atoms with E-state index in [1.165, 1.54) is 11.8 Å². The first-order valence-electron chi connectivity index (χ1n) is 5.08. The van der Waals surface area contributed by atoms with Gasteiger partial charge in [0.15, 0.2) is 5.84 Å². The summed E-state index contributed by atoms with van der Waals surface area (Å²) in [5.41, 5.74) is 7.20. The van der Waals surface area contributed by atoms with Crippen LogP contribution in [0.15, 0.2) is 28.3 Å². The number of oxime groups is 1. The zero-order valence-corrected chi connectivity index (χ0v) is 10.3. The molecule has 0 heterocycles. The van der Waals surface area contributed by atoms with E-state index in [0.29, 0.717) is 11.3 Å². The lowest BCUT2D eigenvalue weighted by molar-refractivity contribution is 0.113. The number of aliphatic hydroxyl groups is 2. The van der Waals surface area contributed by atoms with Crippen molar-refractivity contribution < 1.29 is 15.4 Å². The number of nitrogens with zero attached hydrogens (tertiary/aromatic N) is 1. The molecular weight excluding hydrogens is 240 g/mol. The number of rotatable bonds is 5. The maximum atomic E-state index is 9.28. The smallest absolute Gasteiger partial charge is 0.171 e. The SMILES string of the molecule is Cc1ccc(SCC(O)CO)c(/C(N)=N/O)c1. The van der Waals surface area contributed by atoms with Crippen molar-refractivity contribution in [2.75, 3.05) is 12.4 Å². The maximum Gasteiger partial charge on any atom is 0.171 e. The van der Waals surface area contributed by atoms with E-state index >= 15 is 0 Å². The Kier molecular flexibility index (Phi) is 5.27. The first kappa shape index (κ1) is 13.8. The highest BCUT2D eigenvalue weighted by atomic mass is 32.2. The lowest BCUT2D eigenvalue weighted by Gasteiger charge is -2.11. The molecule has 1 unspecified atom stereocenters. The molecule has 5 N–H and O–H groups in total. The molecule has 0 aliphatic heterocycles. The number of aliphatic hydroxyl groups excluding tert-OH is 2. The van der Waals surface area contributed by atoms with Gasteiger partial charge in [-0.3, -0.25) is 0 Å². The van der Waals surface area contributed by atoms with Gasteiger partial charge in [0.1, 0.15) is 0 Å². The molecule has 0 amide bonds. The number of hydrogen-bond acceptors (Lipinski definition) is 5. The van der Waals surface area contributed by atoms with E-state index in [1.807, 2.05) is 25.1 Å². The Hall–Kier alpha value is -1.24. The van der Waals surface area contributed by atoms with E-state index < -0.39 is 6.10 Å². The summed E-state index contributed by atoms with van der Waals surface area (Å²) >= 11 is 1.35. The van der Waals surface area contributed by atoms with E-state index in [4.69, 9.17) is 16.0 Å². The third-order valence-corrected chi connectivity index (χ3v) is 3.38. The van der Waals surface area contributed by atoms with Crippen LogP contribution in [0.1, 0.15) is 11.1 Å². The minimum Gasteiger partial charge on any atom is -0.409 e. The van der Waals surface area contributed by atoms with E-state index in [2.05, 4.69) is 5.16 Å². The predicted molar refractivity (Wildman–Crippen MR) is 67.5 cm³/mol. The fourth-order valence-corrected chi connectivity index (χ4v) is 2.22. The predicted octanol–water partition coefficient (Wildman–Crippen LogP) is 0.535. The fraction of sp³-hybridized carbons (Fsp3) is 0.364. The number of thioether (sulfide) groups is 1. The van der Waals surface area contributed by atoms with Crippen LogP contribution in [0.25, 0.3) is 0 Å². The van der Waals surface area contributed by atoms with Gasteiger partial charge in [-0.25, -0.2) is 0 Å². The Morgan fingerprint density at radius 2 is 2.24 bits per heavy atom. The van der Waals surface area contributed by atoms with Crippen LogP contribution in [0.4, 0.5) is 0 Å². The number of hydrogen-bond donors (Lipinski definition) is 4. The molecular formula is C11H16N2O3S. The maximum absolute atomic E-state index is 9.28. The Morgan fingerprint density at radius 3 is 2.82 bits per heavy atom. The summed E-state index contributed by atoms with van der Waals surface area (Å²) in [4.78, 5) is 0.804. The Morgan fingerprint density at radius 1 is 1.53 bits per heavy atom. The minimum atomic E-state index is -0.776. The van der Waals surface area contributed by atoms with Gasteiger partial charge in [0, 0.05) is 16.2 Å². The average Bonchev–Trinajstić information content (AvgIpc) is 2.35. The van der Waals surface area contributed by atoms with Gasteiger partial charge in [-0.2, -0.15) is 0 Å². The van der Waals surface area contributed by atoms with Crippen LogP contribution in [0.3, 0.4) is 0 Å². The summed E-state index contributed by atoms with van der Waals surface area (Å²) in [6, 6.07) is 5.56. The van der Waals surface area contributed by atoms with E-state index in [0.717, 1.165) is 10.5 Å². The topological polar surface area (TPSA) is 99.1 Å². The van der Waals surface area contributed by atoms with Gasteiger partial charge in [0.25, 0.3) is 0 Å². The van der Waals surface area contributed by atoms with Crippen LogP contribution in [-0.2, 0) is 0 Å². The van der Waals surface area contributed by atoms with E-state index in [-0.39, 0.29) is 12.4 Å². The van der Waals surface area contributed by atoms with Gasteiger partial charge in [0.2, 0.25) is 0 Å². The van der Waals surface area contributed by atoms with Crippen LogP contribution in [-0.4, -0.2) is 39.7 Å². The Balaban J connectivity index is 2.91. The highest BCUT2D eigenvalue weighted by Crippen LogP contribution is 2.24. The summed E-state index contributed by atoms with van der Waals surface area (Å²) in [6.07, 6.45) is -0.776. The Bertz CT molecular complexity index is 410. The van der Waals surface area contributed by atoms with Crippen molar-refractivity contribution in [1.29, 1.82) is 0 Å². The molecule has 0 aliphatic rings. The van der Waals surface area contributed by atoms with Gasteiger partial charge in [-0.05, 0) is 19.1 Å². The van der Waals surface area contributed by atoms with E-state index in [1.54, 1.807) is 0 Å². The second-order valence-electron chi connectivity index (χ2n) is 3.63. The van der Waals surface area contributed by atoms with Crippen molar-refractivity contribution in [2.45, 2.75) is 17.9 Å². The molecule has 1 rings (SSSR count). The molecule has 94 valence electrons. The molecule has 5 nitrogen and oxygen atoms in total. The standard InChI is InChI=1S/C11H16N2O3S/c1-7-2-3-10(17-6-8(15)5-14)9(4-7)11(12)13-16/h2-4,8,14-16H,5-6H2,1H3,(H2,12,13). The number of nitrogens with two attached hydrogens (primary N) is 1. The van der Waals surface area contributed by atoms with Gasteiger partial charge >= 0.3 is 0 Å². The van der Waals surface area contributed by atoms with Crippen molar-refractivity contribution in [3.63, 3.8) is 0 Å². The van der Waals surface area contributed by atoms with Crippen LogP contribution in [0, 0.1) is 6.92 Å². The lowest BCUT2D eigenvalue weighted by atomic mass is 10.1. The number of aryl methyl sites for hydroxylation is 1. The second-order valence-corrected chi connectivity index (χ2v) is 4.69. The first-order chi connectivity index (χ1) is 8.08. The summed E-state index contributed by atoms with van der Waals surface area (Å²) in [5.74, 6) is 0.389. The van der Waals surface area contributed by atoms with Crippen molar-refractivity contribution in [2.24, 2.45) is 10.9 Å². The second kappa shape index (κ2) is 6.48. The molecule has 1 aromatic carbocycles. The highest BCUT2D eigenvalue weighted by Gasteiger charge is 2.10. The average molecular weight is 256 g/mol. The molecule has 1 atom stereocenters. The molecule has 0 saturated carbocycles. The van der Waals surface area contributed by atoms with Crippen LogP contribution < -0.4 is 5.73 Å². The van der Waals surface area contributed by atoms with E-state index in [9.17, 15) is 5.11 Å². The molecule has 17 heavy (non-hydrogen) atoms. The molecule has 0 bridgehead atoms. The summed E-state index contributed by atoms with van der Waals surface area (Å²) < 4.78 is 0. The quantitative estimate of drug-likeness (QED) is 0.202. The summed E-state index contributed by atoms with van der Waals surface area (Å²) in [6.45, 7) is 1.63. The monoisotopic (exact) mass is 256 g/mol. The highest BCUT2D eigenvalue weighted by molar-refractivity contribution is 7.99. The summed E-state index contributed by atoms with van der Waals surface area (Å²) in [5, 5.41) is 29.7. The third-order valence-electron chi connectivity index (χ3n) is 2.16. The first-order valence-corrected chi connectivity index (χ1v) is 6.07. The van der Waals surface area contributed by atoms with Gasteiger partial charge < -0.3 is 21.2 Å². The van der Waals surface area contributed by atoms with Gasteiger partial charge in [-0.15, -0.1) is 11.8 Å².